The summed E-state index contributed by atoms with van der Waals surface area (Å²) in [5.41, 5.74) is 6.73. The maximum atomic E-state index is 2.56. The number of rotatable bonds is 0. The standard InChI is InChI=1S/C16H23N/c1-11-5-6-13-9-14-10-16(3,7-8-17(14)4)15(13)12(11)2/h5-6,14H,7-10H2,1-4H3/t14?,16-/m1/s1. The predicted octanol–water partition coefficient (Wildman–Crippen LogP) is 3.21. The molecule has 1 unspecified atom stereocenters. The Kier molecular flexibility index (Phi) is 2.38. The minimum atomic E-state index is 0.431. The zero-order valence-electron chi connectivity index (χ0n) is 11.5. The molecule has 1 heteroatoms. The van der Waals surface area contributed by atoms with Crippen LogP contribution in [-0.2, 0) is 11.8 Å². The van der Waals surface area contributed by atoms with Crippen LogP contribution in [-0.4, -0.2) is 24.5 Å². The fraction of sp³-hybridized carbons (Fsp3) is 0.625. The van der Waals surface area contributed by atoms with E-state index in [0.717, 1.165) is 6.04 Å². The quantitative estimate of drug-likeness (QED) is 0.660. The second-order valence-corrected chi connectivity index (χ2v) is 6.39. The summed E-state index contributed by atoms with van der Waals surface area (Å²) in [7, 11) is 2.29. The molecule has 1 saturated heterocycles. The minimum absolute atomic E-state index is 0.431. The molecule has 0 N–H and O–H groups in total. The largest absolute Gasteiger partial charge is 0.303 e. The van der Waals surface area contributed by atoms with Crippen LogP contribution in [0.25, 0.3) is 0 Å². The number of likely N-dealkylation sites (N-methyl/N-ethyl adjacent to an activating group) is 1. The van der Waals surface area contributed by atoms with Crippen molar-refractivity contribution in [3.63, 3.8) is 0 Å². The lowest BCUT2D eigenvalue weighted by Gasteiger charge is -2.49. The fourth-order valence-corrected chi connectivity index (χ4v) is 3.97. The predicted molar refractivity (Wildman–Crippen MR) is 72.6 cm³/mol. The van der Waals surface area contributed by atoms with Gasteiger partial charge in [-0.3, -0.25) is 0 Å². The fourth-order valence-electron chi connectivity index (χ4n) is 3.97. The molecule has 2 atom stereocenters. The van der Waals surface area contributed by atoms with Gasteiger partial charge >= 0.3 is 0 Å². The van der Waals surface area contributed by atoms with Gasteiger partial charge in [0.15, 0.2) is 0 Å². The Balaban J connectivity index is 2.18. The van der Waals surface area contributed by atoms with Crippen molar-refractivity contribution in [1.29, 1.82) is 0 Å². The SMILES string of the molecule is Cc1ccc2c(c1C)[C@]1(C)CCN(C)C(C2)C1. The van der Waals surface area contributed by atoms with Crippen molar-refractivity contribution in [2.45, 2.75) is 51.5 Å². The zero-order chi connectivity index (χ0) is 12.2. The smallest absolute Gasteiger partial charge is 0.0141 e. The van der Waals surface area contributed by atoms with E-state index in [1.165, 1.54) is 31.4 Å². The highest BCUT2D eigenvalue weighted by Gasteiger charge is 2.42. The number of piperidine rings is 1. The number of aryl methyl sites for hydroxylation is 1. The molecular formula is C16H23N. The Morgan fingerprint density at radius 2 is 2.06 bits per heavy atom. The Morgan fingerprint density at radius 3 is 2.82 bits per heavy atom. The zero-order valence-corrected chi connectivity index (χ0v) is 11.5. The van der Waals surface area contributed by atoms with Crippen LogP contribution in [0.5, 0.6) is 0 Å². The van der Waals surface area contributed by atoms with Gasteiger partial charge < -0.3 is 4.90 Å². The van der Waals surface area contributed by atoms with Gasteiger partial charge in [0.2, 0.25) is 0 Å². The lowest BCUT2D eigenvalue weighted by Crippen LogP contribution is -2.50. The summed E-state index contributed by atoms with van der Waals surface area (Å²) in [5.74, 6) is 0. The van der Waals surface area contributed by atoms with Crippen LogP contribution in [0.3, 0.4) is 0 Å². The van der Waals surface area contributed by atoms with Gasteiger partial charge in [-0.2, -0.15) is 0 Å². The van der Waals surface area contributed by atoms with Crippen LogP contribution in [0.4, 0.5) is 0 Å². The van der Waals surface area contributed by atoms with E-state index in [1.807, 2.05) is 0 Å². The average Bonchev–Trinajstić information content (AvgIpc) is 2.29. The number of benzene rings is 1. The third kappa shape index (κ3) is 1.55. The summed E-state index contributed by atoms with van der Waals surface area (Å²) in [5, 5.41) is 0. The Hall–Kier alpha value is -0.820. The summed E-state index contributed by atoms with van der Waals surface area (Å²) < 4.78 is 0. The Labute approximate surface area is 105 Å². The van der Waals surface area contributed by atoms with Crippen LogP contribution in [0.2, 0.25) is 0 Å². The molecule has 1 fully saturated rings. The van der Waals surface area contributed by atoms with Crippen molar-refractivity contribution in [2.75, 3.05) is 13.6 Å². The van der Waals surface area contributed by atoms with Crippen LogP contribution < -0.4 is 0 Å². The molecular weight excluding hydrogens is 206 g/mol. The van der Waals surface area contributed by atoms with Gasteiger partial charge in [0, 0.05) is 6.04 Å². The molecule has 2 aliphatic rings. The average molecular weight is 229 g/mol. The second-order valence-electron chi connectivity index (χ2n) is 6.39. The van der Waals surface area contributed by atoms with E-state index in [9.17, 15) is 0 Å². The van der Waals surface area contributed by atoms with Crippen molar-refractivity contribution in [2.24, 2.45) is 0 Å². The summed E-state index contributed by atoms with van der Waals surface area (Å²) >= 11 is 0. The second kappa shape index (κ2) is 3.58. The van der Waals surface area contributed by atoms with E-state index in [0.29, 0.717) is 5.41 Å². The molecule has 1 nitrogen and oxygen atoms in total. The maximum Gasteiger partial charge on any atom is 0.0141 e. The van der Waals surface area contributed by atoms with Gasteiger partial charge in [-0.25, -0.2) is 0 Å². The molecule has 1 aliphatic heterocycles. The van der Waals surface area contributed by atoms with Crippen LogP contribution in [0.15, 0.2) is 12.1 Å². The normalized spacial score (nSPS) is 32.4. The molecule has 3 rings (SSSR count). The van der Waals surface area contributed by atoms with E-state index >= 15 is 0 Å². The third-order valence-electron chi connectivity index (χ3n) is 5.21. The van der Waals surface area contributed by atoms with Gasteiger partial charge in [0.1, 0.15) is 0 Å². The number of likely N-dealkylation sites (tertiary alicyclic amines) is 1. The number of hydrogen-bond acceptors (Lipinski definition) is 1. The number of nitrogens with zero attached hydrogens (tertiary/aromatic N) is 1. The van der Waals surface area contributed by atoms with Crippen LogP contribution in [0.1, 0.15) is 42.0 Å². The van der Waals surface area contributed by atoms with Gasteiger partial charge in [-0.05, 0) is 74.4 Å². The van der Waals surface area contributed by atoms with Gasteiger partial charge in [-0.15, -0.1) is 0 Å². The van der Waals surface area contributed by atoms with E-state index in [1.54, 1.807) is 16.7 Å². The molecule has 1 aromatic rings. The van der Waals surface area contributed by atoms with E-state index in [4.69, 9.17) is 0 Å². The lowest BCUT2D eigenvalue weighted by molar-refractivity contribution is 0.113. The molecule has 0 amide bonds. The summed E-state index contributed by atoms with van der Waals surface area (Å²) in [6.45, 7) is 8.31. The van der Waals surface area contributed by atoms with Crippen molar-refractivity contribution in [1.82, 2.24) is 4.90 Å². The van der Waals surface area contributed by atoms with Crippen molar-refractivity contribution in [3.05, 3.63) is 34.4 Å². The minimum Gasteiger partial charge on any atom is -0.303 e. The summed E-state index contributed by atoms with van der Waals surface area (Å²) in [6, 6.07) is 5.45. The number of fused-ring (bicyclic) bond motifs is 4. The van der Waals surface area contributed by atoms with Gasteiger partial charge in [0.25, 0.3) is 0 Å². The maximum absolute atomic E-state index is 2.56. The first-order valence-corrected chi connectivity index (χ1v) is 6.81. The molecule has 0 saturated carbocycles. The molecule has 0 spiro atoms. The van der Waals surface area contributed by atoms with Crippen LogP contribution >= 0.6 is 0 Å². The topological polar surface area (TPSA) is 3.24 Å². The van der Waals surface area contributed by atoms with E-state index < -0.39 is 0 Å². The highest BCUT2D eigenvalue weighted by molar-refractivity contribution is 5.47. The van der Waals surface area contributed by atoms with Gasteiger partial charge in [0.05, 0.1) is 0 Å². The molecule has 1 aromatic carbocycles. The molecule has 1 aliphatic carbocycles. The molecule has 1 heterocycles. The highest BCUT2D eigenvalue weighted by atomic mass is 15.1. The summed E-state index contributed by atoms with van der Waals surface area (Å²) in [6.07, 6.45) is 3.92. The molecule has 92 valence electrons. The Morgan fingerprint density at radius 1 is 1.29 bits per heavy atom. The monoisotopic (exact) mass is 229 g/mol. The van der Waals surface area contributed by atoms with Crippen LogP contribution in [0, 0.1) is 13.8 Å². The van der Waals surface area contributed by atoms with Gasteiger partial charge in [-0.1, -0.05) is 19.1 Å². The lowest BCUT2D eigenvalue weighted by atomic mass is 9.63. The first kappa shape index (κ1) is 11.3. The molecule has 2 bridgehead atoms. The van der Waals surface area contributed by atoms with Crippen molar-refractivity contribution < 1.29 is 0 Å². The Bertz CT molecular complexity index is 463. The third-order valence-corrected chi connectivity index (χ3v) is 5.21. The highest BCUT2D eigenvalue weighted by Crippen LogP contribution is 2.46. The first-order valence-electron chi connectivity index (χ1n) is 6.81. The van der Waals surface area contributed by atoms with Crippen molar-refractivity contribution >= 4 is 0 Å². The summed E-state index contributed by atoms with van der Waals surface area (Å²) in [4.78, 5) is 2.56. The van der Waals surface area contributed by atoms with Crippen molar-refractivity contribution in [3.8, 4) is 0 Å². The van der Waals surface area contributed by atoms with E-state index in [2.05, 4.69) is 44.9 Å². The molecule has 0 radical (unpaired) electrons. The molecule has 0 aromatic heterocycles. The first-order chi connectivity index (χ1) is 8.01. The van der Waals surface area contributed by atoms with E-state index in [-0.39, 0.29) is 0 Å². The number of hydrogen-bond donors (Lipinski definition) is 0. The molecule has 17 heavy (non-hydrogen) atoms.